The molecule has 0 radical (unpaired) electrons. The van der Waals surface area contributed by atoms with Gasteiger partial charge in [-0.2, -0.15) is 0 Å². The first kappa shape index (κ1) is 15.4. The average molecular weight is 239 g/mol. The molecule has 0 aliphatic heterocycles. The summed E-state index contributed by atoms with van der Waals surface area (Å²) in [4.78, 5) is 11.4. The van der Waals surface area contributed by atoms with Gasteiger partial charge in [-0.1, -0.05) is 0 Å². The van der Waals surface area contributed by atoms with Crippen molar-refractivity contribution < 1.29 is 35.4 Å². The molecule has 4 atom stereocenters. The summed E-state index contributed by atoms with van der Waals surface area (Å²) in [5, 5.41) is 56.2. The van der Waals surface area contributed by atoms with E-state index >= 15 is 0 Å². The Morgan fingerprint density at radius 2 is 1.81 bits per heavy atom. The number of aliphatic hydroxyl groups excluding tert-OH is 5. The third-order valence-electron chi connectivity index (χ3n) is 2.22. The maximum Gasteiger partial charge on any atom is 0.212 e. The number of ketones is 1. The second kappa shape index (κ2) is 6.21. The summed E-state index contributed by atoms with van der Waals surface area (Å²) in [5.41, 5.74) is -2.41. The topological polar surface area (TPSA) is 150 Å². The monoisotopic (exact) mass is 239 g/mol. The van der Waals surface area contributed by atoms with Crippen molar-refractivity contribution in [3.05, 3.63) is 0 Å². The summed E-state index contributed by atoms with van der Waals surface area (Å²) < 4.78 is 0. The minimum absolute atomic E-state index is 0.859. The highest BCUT2D eigenvalue weighted by molar-refractivity contribution is 5.91. The molecule has 0 aromatic heterocycles. The average Bonchev–Trinajstić information content (AvgIpc) is 2.33. The summed E-state index contributed by atoms with van der Waals surface area (Å²) in [7, 11) is 1.16. The highest BCUT2D eigenvalue weighted by Crippen LogP contribution is 2.09. The van der Waals surface area contributed by atoms with Crippen LogP contribution in [-0.4, -0.2) is 80.7 Å². The van der Waals surface area contributed by atoms with Crippen LogP contribution in [0, 0.1) is 0 Å². The smallest absolute Gasteiger partial charge is 0.212 e. The van der Waals surface area contributed by atoms with Crippen LogP contribution in [0.3, 0.4) is 0 Å². The Morgan fingerprint density at radius 1 is 1.31 bits per heavy atom. The number of likely N-dealkylation sites (N-methyl/N-ethyl adjacent to an activating group) is 1. The van der Waals surface area contributed by atoms with E-state index in [1.54, 1.807) is 0 Å². The molecule has 7 N–H and O–H groups in total. The Morgan fingerprint density at radius 3 is 2.12 bits per heavy atom. The Bertz CT molecular complexity index is 230. The van der Waals surface area contributed by atoms with Crippen LogP contribution in [0.25, 0.3) is 0 Å². The summed E-state index contributed by atoms with van der Waals surface area (Å²) in [6.07, 6.45) is -5.81. The van der Waals surface area contributed by atoms with Gasteiger partial charge in [0.25, 0.3) is 0 Å². The summed E-state index contributed by atoms with van der Waals surface area (Å²) in [5.74, 6) is -1.31. The second-order valence-corrected chi connectivity index (χ2v) is 3.32. The van der Waals surface area contributed by atoms with Gasteiger partial charge < -0.3 is 30.6 Å². The van der Waals surface area contributed by atoms with Gasteiger partial charge in [-0.05, 0) is 7.05 Å². The molecule has 0 fully saturated rings. The molecule has 0 amide bonds. The normalized spacial score (nSPS) is 20.9. The number of carbonyl (C=O) groups is 1. The third-order valence-corrected chi connectivity index (χ3v) is 2.22. The number of hydrogen-bond acceptors (Lipinski definition) is 8. The molecule has 0 spiro atoms. The van der Waals surface area contributed by atoms with Crippen molar-refractivity contribution in [2.75, 3.05) is 20.3 Å². The highest BCUT2D eigenvalue weighted by atomic mass is 16.4. The first-order chi connectivity index (χ1) is 7.33. The van der Waals surface area contributed by atoms with Crippen LogP contribution >= 0.6 is 0 Å². The lowest BCUT2D eigenvalue weighted by atomic mass is 9.97. The molecule has 0 bridgehead atoms. The summed E-state index contributed by atoms with van der Waals surface area (Å²) >= 11 is 0. The first-order valence-corrected chi connectivity index (χ1v) is 4.55. The fourth-order valence-corrected chi connectivity index (χ4v) is 0.998. The van der Waals surface area contributed by atoms with Crippen LogP contribution in [0.4, 0.5) is 0 Å². The number of aliphatic hydroxyl groups is 6. The zero-order valence-corrected chi connectivity index (χ0v) is 8.74. The zero-order valence-electron chi connectivity index (χ0n) is 8.74. The number of rotatable bonds is 7. The van der Waals surface area contributed by atoms with Crippen molar-refractivity contribution in [3.8, 4) is 0 Å². The van der Waals surface area contributed by atoms with Gasteiger partial charge in [0.2, 0.25) is 11.5 Å². The van der Waals surface area contributed by atoms with Crippen LogP contribution < -0.4 is 5.32 Å². The van der Waals surface area contributed by atoms with E-state index in [0.29, 0.717) is 0 Å². The highest BCUT2D eigenvalue weighted by Gasteiger charge is 2.42. The maximum absolute atomic E-state index is 11.4. The molecule has 0 saturated heterocycles. The molecular weight excluding hydrogens is 222 g/mol. The minimum atomic E-state index is -2.41. The van der Waals surface area contributed by atoms with Gasteiger partial charge in [0.1, 0.15) is 18.3 Å². The van der Waals surface area contributed by atoms with E-state index in [0.717, 1.165) is 7.05 Å². The molecule has 8 nitrogen and oxygen atoms in total. The van der Waals surface area contributed by atoms with Gasteiger partial charge in [0, 0.05) is 0 Å². The lowest BCUT2D eigenvalue weighted by Crippen LogP contribution is -2.60. The Balaban J connectivity index is 4.72. The first-order valence-electron chi connectivity index (χ1n) is 4.55. The molecule has 0 aliphatic carbocycles. The summed E-state index contributed by atoms with van der Waals surface area (Å²) in [6.45, 7) is -1.87. The van der Waals surface area contributed by atoms with Crippen LogP contribution in [0.2, 0.25) is 0 Å². The van der Waals surface area contributed by atoms with E-state index in [2.05, 4.69) is 5.32 Å². The standard InChI is InChI=1S/C8H17NO7/c1-9-8(16,3-11)7(15)6(14)5(13)4(12)2-10/h4-6,9-14,16H,2-3H2,1H3. The van der Waals surface area contributed by atoms with Crippen molar-refractivity contribution in [3.63, 3.8) is 0 Å². The molecule has 96 valence electrons. The molecule has 8 heteroatoms. The van der Waals surface area contributed by atoms with Crippen LogP contribution in [-0.2, 0) is 4.79 Å². The van der Waals surface area contributed by atoms with Crippen molar-refractivity contribution in [1.29, 1.82) is 0 Å². The number of carbonyl (C=O) groups excluding carboxylic acids is 1. The van der Waals surface area contributed by atoms with Crippen molar-refractivity contribution in [2.45, 2.75) is 24.0 Å². The van der Waals surface area contributed by atoms with Crippen molar-refractivity contribution in [1.82, 2.24) is 5.32 Å². The van der Waals surface area contributed by atoms with Gasteiger partial charge in [-0.25, -0.2) is 0 Å². The molecule has 0 aliphatic rings. The fourth-order valence-electron chi connectivity index (χ4n) is 0.998. The van der Waals surface area contributed by atoms with E-state index in [-0.39, 0.29) is 0 Å². The van der Waals surface area contributed by atoms with Crippen LogP contribution in [0.1, 0.15) is 0 Å². The van der Waals surface area contributed by atoms with E-state index in [1.165, 1.54) is 0 Å². The van der Waals surface area contributed by atoms with Crippen molar-refractivity contribution in [2.24, 2.45) is 0 Å². The van der Waals surface area contributed by atoms with Crippen LogP contribution in [0.5, 0.6) is 0 Å². The second-order valence-electron chi connectivity index (χ2n) is 3.32. The molecule has 16 heavy (non-hydrogen) atoms. The lowest BCUT2D eigenvalue weighted by molar-refractivity contribution is -0.165. The van der Waals surface area contributed by atoms with Crippen LogP contribution in [0.15, 0.2) is 0 Å². The third kappa shape index (κ3) is 3.19. The summed E-state index contributed by atoms with van der Waals surface area (Å²) in [6, 6.07) is 0. The van der Waals surface area contributed by atoms with Gasteiger partial charge in [0.05, 0.1) is 13.2 Å². The van der Waals surface area contributed by atoms with Gasteiger partial charge >= 0.3 is 0 Å². The number of nitrogens with one attached hydrogen (secondary N) is 1. The Labute approximate surface area is 91.8 Å². The Hall–Kier alpha value is -0.610. The van der Waals surface area contributed by atoms with E-state index in [1.807, 2.05) is 0 Å². The molecular formula is C8H17NO7. The Kier molecular flexibility index (Phi) is 5.97. The van der Waals surface area contributed by atoms with E-state index in [9.17, 15) is 20.1 Å². The van der Waals surface area contributed by atoms with E-state index < -0.39 is 43.0 Å². The largest absolute Gasteiger partial charge is 0.394 e. The molecule has 0 saturated carbocycles. The maximum atomic E-state index is 11.4. The fraction of sp³-hybridized carbons (Fsp3) is 0.875. The molecule has 0 rings (SSSR count). The number of Topliss-reactive ketones (excluding diaryl/α,β-unsaturated/α-hetero) is 1. The molecule has 0 aromatic rings. The van der Waals surface area contributed by atoms with Gasteiger partial charge in [-0.15, -0.1) is 0 Å². The molecule has 4 unspecified atom stereocenters. The quantitative estimate of drug-likeness (QED) is 0.220. The SMILES string of the molecule is CNC(O)(CO)C(=O)C(O)C(O)C(O)CO. The molecule has 0 aromatic carbocycles. The molecule has 0 heterocycles. The number of hydrogen-bond donors (Lipinski definition) is 7. The van der Waals surface area contributed by atoms with Gasteiger partial charge in [0.15, 0.2) is 0 Å². The van der Waals surface area contributed by atoms with Gasteiger partial charge in [-0.3, -0.25) is 10.1 Å². The zero-order chi connectivity index (χ0) is 12.9. The minimum Gasteiger partial charge on any atom is -0.394 e. The van der Waals surface area contributed by atoms with E-state index in [4.69, 9.17) is 15.3 Å². The van der Waals surface area contributed by atoms with Crippen molar-refractivity contribution >= 4 is 5.78 Å². The predicted octanol–water partition coefficient (Wildman–Crippen LogP) is -4.47. The predicted molar refractivity (Wildman–Crippen MR) is 51.2 cm³/mol. The lowest BCUT2D eigenvalue weighted by Gasteiger charge is -2.29.